The molecule has 0 aromatic rings. The van der Waals surface area contributed by atoms with E-state index in [4.69, 9.17) is 0 Å². The lowest BCUT2D eigenvalue weighted by Crippen LogP contribution is -2.42. The Morgan fingerprint density at radius 1 is 1.29 bits per heavy atom. The molecule has 5 nitrogen and oxygen atoms in total. The number of nitrogens with zero attached hydrogens (tertiary/aromatic N) is 2. The highest BCUT2D eigenvalue weighted by Crippen LogP contribution is 2.08. The van der Waals surface area contributed by atoms with Crippen LogP contribution in [0.2, 0.25) is 0 Å². The van der Waals surface area contributed by atoms with Crippen molar-refractivity contribution in [2.24, 2.45) is 0 Å². The van der Waals surface area contributed by atoms with Gasteiger partial charge in [0.2, 0.25) is 11.8 Å². The lowest BCUT2D eigenvalue weighted by Gasteiger charge is -2.19. The summed E-state index contributed by atoms with van der Waals surface area (Å²) >= 11 is 0. The molecule has 17 heavy (non-hydrogen) atoms. The second-order valence-corrected chi connectivity index (χ2v) is 4.75. The van der Waals surface area contributed by atoms with Crippen LogP contribution in [0.15, 0.2) is 0 Å². The molecule has 1 aliphatic rings. The summed E-state index contributed by atoms with van der Waals surface area (Å²) in [5.41, 5.74) is 0. The van der Waals surface area contributed by atoms with Crippen molar-refractivity contribution < 1.29 is 9.59 Å². The summed E-state index contributed by atoms with van der Waals surface area (Å²) in [4.78, 5) is 26.7. The SMILES string of the molecule is CC(NCCC(=O)N1CCCC1)C(=O)N(C)C. The molecule has 1 heterocycles. The average molecular weight is 241 g/mol. The zero-order valence-corrected chi connectivity index (χ0v) is 11.0. The molecule has 1 fully saturated rings. The minimum absolute atomic E-state index is 0.0404. The number of hydrogen-bond acceptors (Lipinski definition) is 3. The van der Waals surface area contributed by atoms with Gasteiger partial charge in [-0.25, -0.2) is 0 Å². The number of likely N-dealkylation sites (N-methyl/N-ethyl adjacent to an activating group) is 1. The minimum atomic E-state index is -0.226. The summed E-state index contributed by atoms with van der Waals surface area (Å²) in [6, 6.07) is -0.226. The molecule has 1 aliphatic heterocycles. The van der Waals surface area contributed by atoms with Gasteiger partial charge in [0.15, 0.2) is 0 Å². The smallest absolute Gasteiger partial charge is 0.238 e. The Bertz CT molecular complexity index is 273. The Kier molecular flexibility index (Phi) is 5.41. The van der Waals surface area contributed by atoms with E-state index in [1.54, 1.807) is 19.0 Å². The second-order valence-electron chi connectivity index (χ2n) is 4.75. The van der Waals surface area contributed by atoms with Crippen molar-refractivity contribution in [3.8, 4) is 0 Å². The van der Waals surface area contributed by atoms with Crippen molar-refractivity contribution in [1.82, 2.24) is 15.1 Å². The van der Waals surface area contributed by atoms with Crippen LogP contribution in [-0.2, 0) is 9.59 Å². The Hall–Kier alpha value is -1.10. The fourth-order valence-corrected chi connectivity index (χ4v) is 1.99. The summed E-state index contributed by atoms with van der Waals surface area (Å²) in [7, 11) is 3.46. The first-order valence-electron chi connectivity index (χ1n) is 6.24. The molecule has 0 bridgehead atoms. The first-order chi connectivity index (χ1) is 8.02. The molecule has 2 amide bonds. The van der Waals surface area contributed by atoms with Crippen LogP contribution < -0.4 is 5.32 Å². The van der Waals surface area contributed by atoms with Crippen LogP contribution in [0, 0.1) is 0 Å². The molecular weight excluding hydrogens is 218 g/mol. The molecule has 1 saturated heterocycles. The fourth-order valence-electron chi connectivity index (χ4n) is 1.99. The summed E-state index contributed by atoms with van der Waals surface area (Å²) in [5.74, 6) is 0.234. The molecule has 5 heteroatoms. The van der Waals surface area contributed by atoms with Crippen molar-refractivity contribution in [2.45, 2.75) is 32.2 Å². The van der Waals surface area contributed by atoms with Crippen molar-refractivity contribution >= 4 is 11.8 Å². The lowest BCUT2D eigenvalue weighted by molar-refractivity contribution is -0.132. The summed E-state index contributed by atoms with van der Waals surface area (Å²) in [6.45, 7) is 4.18. The monoisotopic (exact) mass is 241 g/mol. The Balaban J connectivity index is 2.18. The Morgan fingerprint density at radius 3 is 2.41 bits per heavy atom. The van der Waals surface area contributed by atoms with Gasteiger partial charge in [0.05, 0.1) is 6.04 Å². The van der Waals surface area contributed by atoms with Crippen LogP contribution in [0.5, 0.6) is 0 Å². The van der Waals surface area contributed by atoms with E-state index < -0.39 is 0 Å². The third-order valence-electron chi connectivity index (χ3n) is 3.06. The maximum atomic E-state index is 11.7. The molecule has 98 valence electrons. The quantitative estimate of drug-likeness (QED) is 0.741. The van der Waals surface area contributed by atoms with Gasteiger partial charge in [-0.2, -0.15) is 0 Å². The summed E-state index contributed by atoms with van der Waals surface area (Å²) in [6.07, 6.45) is 2.72. The van der Waals surface area contributed by atoms with Gasteiger partial charge in [0.25, 0.3) is 0 Å². The van der Waals surface area contributed by atoms with E-state index in [-0.39, 0.29) is 17.9 Å². The first kappa shape index (κ1) is 14.0. The van der Waals surface area contributed by atoms with Gasteiger partial charge in [0, 0.05) is 40.2 Å². The van der Waals surface area contributed by atoms with Crippen LogP contribution in [0.25, 0.3) is 0 Å². The number of carbonyl (C=O) groups excluding carboxylic acids is 2. The van der Waals surface area contributed by atoms with Gasteiger partial charge < -0.3 is 15.1 Å². The number of nitrogens with one attached hydrogen (secondary N) is 1. The van der Waals surface area contributed by atoms with E-state index in [2.05, 4.69) is 5.32 Å². The number of carbonyl (C=O) groups is 2. The van der Waals surface area contributed by atoms with Gasteiger partial charge in [-0.1, -0.05) is 0 Å². The van der Waals surface area contributed by atoms with E-state index in [0.29, 0.717) is 13.0 Å². The van der Waals surface area contributed by atoms with Crippen molar-refractivity contribution in [3.63, 3.8) is 0 Å². The number of rotatable bonds is 5. The van der Waals surface area contributed by atoms with Gasteiger partial charge in [-0.15, -0.1) is 0 Å². The van der Waals surface area contributed by atoms with E-state index in [9.17, 15) is 9.59 Å². The van der Waals surface area contributed by atoms with E-state index in [1.807, 2.05) is 11.8 Å². The van der Waals surface area contributed by atoms with Crippen molar-refractivity contribution in [3.05, 3.63) is 0 Å². The van der Waals surface area contributed by atoms with Crippen LogP contribution in [-0.4, -0.2) is 61.4 Å². The number of likely N-dealkylation sites (tertiary alicyclic amines) is 1. The topological polar surface area (TPSA) is 52.7 Å². The highest BCUT2D eigenvalue weighted by atomic mass is 16.2. The normalized spacial score (nSPS) is 17.0. The molecule has 1 N–H and O–H groups in total. The van der Waals surface area contributed by atoms with Crippen LogP contribution in [0.3, 0.4) is 0 Å². The third-order valence-corrected chi connectivity index (χ3v) is 3.06. The summed E-state index contributed by atoms with van der Waals surface area (Å²) in [5, 5.41) is 3.08. The van der Waals surface area contributed by atoms with Gasteiger partial charge in [-0.05, 0) is 19.8 Å². The maximum absolute atomic E-state index is 11.7. The molecule has 0 aromatic carbocycles. The van der Waals surface area contributed by atoms with E-state index >= 15 is 0 Å². The van der Waals surface area contributed by atoms with Crippen LogP contribution >= 0.6 is 0 Å². The summed E-state index contributed by atoms with van der Waals surface area (Å²) < 4.78 is 0. The standard InChI is InChI=1S/C12H23N3O2/c1-10(12(17)14(2)3)13-7-6-11(16)15-8-4-5-9-15/h10,13H,4-9H2,1-3H3. The molecule has 1 unspecified atom stereocenters. The molecule has 1 rings (SSSR count). The molecular formula is C12H23N3O2. The fraction of sp³-hybridized carbons (Fsp3) is 0.833. The zero-order valence-electron chi connectivity index (χ0n) is 11.0. The predicted molar refractivity (Wildman–Crippen MR) is 66.6 cm³/mol. The molecule has 0 aliphatic carbocycles. The van der Waals surface area contributed by atoms with Gasteiger partial charge in [0.1, 0.15) is 0 Å². The Labute approximate surface area is 103 Å². The van der Waals surface area contributed by atoms with E-state index in [0.717, 1.165) is 25.9 Å². The molecule has 0 radical (unpaired) electrons. The molecule has 0 spiro atoms. The van der Waals surface area contributed by atoms with Crippen molar-refractivity contribution in [1.29, 1.82) is 0 Å². The number of hydrogen-bond donors (Lipinski definition) is 1. The van der Waals surface area contributed by atoms with Gasteiger partial charge >= 0.3 is 0 Å². The number of amides is 2. The molecule has 1 atom stereocenters. The maximum Gasteiger partial charge on any atom is 0.238 e. The Morgan fingerprint density at radius 2 is 1.88 bits per heavy atom. The lowest BCUT2D eigenvalue weighted by atomic mass is 10.2. The second kappa shape index (κ2) is 6.59. The predicted octanol–water partition coefficient (Wildman–Crippen LogP) is 0.0652. The highest BCUT2D eigenvalue weighted by Gasteiger charge is 2.18. The minimum Gasteiger partial charge on any atom is -0.347 e. The first-order valence-corrected chi connectivity index (χ1v) is 6.24. The highest BCUT2D eigenvalue weighted by molar-refractivity contribution is 5.81. The zero-order chi connectivity index (χ0) is 12.8. The third kappa shape index (κ3) is 4.34. The average Bonchev–Trinajstić information content (AvgIpc) is 2.80. The largest absolute Gasteiger partial charge is 0.347 e. The van der Waals surface area contributed by atoms with Crippen molar-refractivity contribution in [2.75, 3.05) is 33.7 Å². The molecule has 0 saturated carbocycles. The van der Waals surface area contributed by atoms with Gasteiger partial charge in [-0.3, -0.25) is 9.59 Å². The van der Waals surface area contributed by atoms with Crippen LogP contribution in [0.4, 0.5) is 0 Å². The van der Waals surface area contributed by atoms with Crippen LogP contribution in [0.1, 0.15) is 26.2 Å². The molecule has 0 aromatic heterocycles. The van der Waals surface area contributed by atoms with E-state index in [1.165, 1.54) is 0 Å².